The van der Waals surface area contributed by atoms with Crippen LogP contribution < -0.4 is 4.74 Å². The van der Waals surface area contributed by atoms with Gasteiger partial charge in [-0.1, -0.05) is 29.8 Å². The highest BCUT2D eigenvalue weighted by molar-refractivity contribution is 7.98. The Balaban J connectivity index is 1.60. The number of hydrogen-bond donors (Lipinski definition) is 0. The number of thioether (sulfide) groups is 1. The van der Waals surface area contributed by atoms with Gasteiger partial charge in [-0.2, -0.15) is 0 Å². The van der Waals surface area contributed by atoms with Crippen LogP contribution in [0.2, 0.25) is 5.02 Å². The number of ketones is 1. The van der Waals surface area contributed by atoms with E-state index in [9.17, 15) is 9.59 Å². The number of amides is 1. The average Bonchev–Trinajstić information content (AvgIpc) is 3.11. The summed E-state index contributed by atoms with van der Waals surface area (Å²) < 4.78 is 5.33. The summed E-state index contributed by atoms with van der Waals surface area (Å²) in [5.41, 5.74) is 0.688. The van der Waals surface area contributed by atoms with E-state index in [0.717, 1.165) is 4.90 Å². The molecule has 2 aromatic carbocycles. The Morgan fingerprint density at radius 1 is 1.20 bits per heavy atom. The first kappa shape index (κ1) is 17.8. The fourth-order valence-electron chi connectivity index (χ4n) is 2.83. The monoisotopic (exact) mass is 375 g/mol. The molecule has 0 saturated carbocycles. The van der Waals surface area contributed by atoms with Gasteiger partial charge < -0.3 is 9.64 Å². The summed E-state index contributed by atoms with van der Waals surface area (Å²) in [7, 11) is 0. The van der Waals surface area contributed by atoms with Gasteiger partial charge >= 0.3 is 6.09 Å². The minimum Gasteiger partial charge on any atom is -0.410 e. The topological polar surface area (TPSA) is 46.6 Å². The summed E-state index contributed by atoms with van der Waals surface area (Å²) in [5, 5.41) is 0.508. The fraction of sp³-hybridized carbons (Fsp3) is 0.263. The van der Waals surface area contributed by atoms with Crippen molar-refractivity contribution >= 4 is 35.2 Å². The lowest BCUT2D eigenvalue weighted by molar-refractivity contribution is 0.0922. The quantitative estimate of drug-likeness (QED) is 0.570. The molecule has 0 spiro atoms. The third-order valence-electron chi connectivity index (χ3n) is 4.19. The summed E-state index contributed by atoms with van der Waals surface area (Å²) in [4.78, 5) is 27.6. The van der Waals surface area contributed by atoms with Crippen molar-refractivity contribution in [1.82, 2.24) is 4.90 Å². The highest BCUT2D eigenvalue weighted by Crippen LogP contribution is 2.24. The van der Waals surface area contributed by atoms with Gasteiger partial charge in [-0.15, -0.1) is 11.8 Å². The van der Waals surface area contributed by atoms with Crippen LogP contribution in [0.4, 0.5) is 4.79 Å². The number of carbonyl (C=O) groups excluding carboxylic acids is 2. The summed E-state index contributed by atoms with van der Waals surface area (Å²) in [5.74, 6) is 0.290. The van der Waals surface area contributed by atoms with Gasteiger partial charge in [0.1, 0.15) is 5.75 Å². The molecule has 1 fully saturated rings. The Kier molecular flexibility index (Phi) is 5.66. The number of nitrogens with zero attached hydrogens (tertiary/aromatic N) is 1. The first-order valence-corrected chi connectivity index (χ1v) is 9.57. The smallest absolute Gasteiger partial charge is 0.410 e. The third kappa shape index (κ3) is 4.35. The van der Waals surface area contributed by atoms with Crippen molar-refractivity contribution in [3.05, 3.63) is 59.1 Å². The molecule has 1 saturated heterocycles. The van der Waals surface area contributed by atoms with Crippen molar-refractivity contribution < 1.29 is 14.3 Å². The van der Waals surface area contributed by atoms with E-state index in [-0.39, 0.29) is 11.7 Å². The van der Waals surface area contributed by atoms with Crippen LogP contribution in [0.3, 0.4) is 0 Å². The van der Waals surface area contributed by atoms with Gasteiger partial charge in [-0.25, -0.2) is 4.79 Å². The summed E-state index contributed by atoms with van der Waals surface area (Å²) in [6.07, 6.45) is 2.20. The molecular formula is C19H18ClNO3S. The molecule has 1 amide bonds. The van der Waals surface area contributed by atoms with Crippen LogP contribution in [0, 0.1) is 5.92 Å². The van der Waals surface area contributed by atoms with Crippen LogP contribution in [0.5, 0.6) is 5.75 Å². The van der Waals surface area contributed by atoms with Crippen LogP contribution in [-0.2, 0) is 0 Å². The second-order valence-electron chi connectivity index (χ2n) is 5.85. The van der Waals surface area contributed by atoms with Gasteiger partial charge in [0.2, 0.25) is 0 Å². The van der Waals surface area contributed by atoms with Gasteiger partial charge in [0.15, 0.2) is 5.78 Å². The molecule has 0 bridgehead atoms. The molecule has 1 unspecified atom stereocenters. The van der Waals surface area contributed by atoms with E-state index >= 15 is 0 Å². The van der Waals surface area contributed by atoms with Crippen molar-refractivity contribution in [1.29, 1.82) is 0 Å². The molecule has 25 heavy (non-hydrogen) atoms. The maximum Gasteiger partial charge on any atom is 0.415 e. The normalized spacial score (nSPS) is 16.7. The summed E-state index contributed by atoms with van der Waals surface area (Å²) in [6, 6.07) is 14.3. The molecular weight excluding hydrogens is 358 g/mol. The van der Waals surface area contributed by atoms with Gasteiger partial charge in [-0.05, 0) is 43.0 Å². The Morgan fingerprint density at radius 3 is 2.64 bits per heavy atom. The lowest BCUT2D eigenvalue weighted by Crippen LogP contribution is -2.32. The van der Waals surface area contributed by atoms with Crippen LogP contribution in [-0.4, -0.2) is 36.1 Å². The zero-order chi connectivity index (χ0) is 17.8. The molecule has 2 aromatic rings. The molecule has 0 N–H and O–H groups in total. The standard InChI is InChI=1S/C19H18ClNO3S/c1-25-17-7-5-13(6-8-17)18(22)14-9-10-21(12-14)19(23)24-16-4-2-3-15(20)11-16/h2-8,11,14H,9-10,12H2,1H3. The number of ether oxygens (including phenoxy) is 1. The number of hydrogen-bond acceptors (Lipinski definition) is 4. The van der Waals surface area contributed by atoms with E-state index < -0.39 is 6.09 Å². The first-order chi connectivity index (χ1) is 12.1. The van der Waals surface area contributed by atoms with Gasteiger partial charge in [-0.3, -0.25) is 4.79 Å². The zero-order valence-corrected chi connectivity index (χ0v) is 15.3. The van der Waals surface area contributed by atoms with E-state index in [4.69, 9.17) is 16.3 Å². The molecule has 1 aliphatic rings. The maximum absolute atomic E-state index is 12.6. The number of likely N-dealkylation sites (tertiary alicyclic amines) is 1. The van der Waals surface area contributed by atoms with Crippen molar-refractivity contribution in [3.63, 3.8) is 0 Å². The molecule has 0 aromatic heterocycles. The van der Waals surface area contributed by atoms with Crippen LogP contribution >= 0.6 is 23.4 Å². The van der Waals surface area contributed by atoms with Crippen molar-refractivity contribution in [3.8, 4) is 5.75 Å². The van der Waals surface area contributed by atoms with Crippen molar-refractivity contribution in [2.45, 2.75) is 11.3 Å². The van der Waals surface area contributed by atoms with Gasteiger partial charge in [0, 0.05) is 34.5 Å². The molecule has 1 aliphatic heterocycles. The van der Waals surface area contributed by atoms with Crippen molar-refractivity contribution in [2.75, 3.05) is 19.3 Å². The predicted octanol–water partition coefficient (Wildman–Crippen LogP) is 4.77. The number of benzene rings is 2. The Morgan fingerprint density at radius 2 is 1.96 bits per heavy atom. The minimum atomic E-state index is -0.449. The van der Waals surface area contributed by atoms with Gasteiger partial charge in [0.25, 0.3) is 0 Å². The molecule has 130 valence electrons. The summed E-state index contributed by atoms with van der Waals surface area (Å²) >= 11 is 7.53. The van der Waals surface area contributed by atoms with Crippen LogP contribution in [0.1, 0.15) is 16.8 Å². The van der Waals surface area contributed by atoms with Crippen LogP contribution in [0.25, 0.3) is 0 Å². The van der Waals surface area contributed by atoms with E-state index in [1.54, 1.807) is 40.9 Å². The largest absolute Gasteiger partial charge is 0.415 e. The highest BCUT2D eigenvalue weighted by atomic mass is 35.5. The van der Waals surface area contributed by atoms with Crippen molar-refractivity contribution in [2.24, 2.45) is 5.92 Å². The number of rotatable bonds is 4. The number of Topliss-reactive ketones (excluding diaryl/α,β-unsaturated/α-hetero) is 1. The first-order valence-electron chi connectivity index (χ1n) is 7.97. The molecule has 3 rings (SSSR count). The van der Waals surface area contributed by atoms with E-state index in [2.05, 4.69) is 0 Å². The maximum atomic E-state index is 12.6. The zero-order valence-electron chi connectivity index (χ0n) is 13.8. The molecule has 0 aliphatic carbocycles. The van der Waals surface area contributed by atoms with E-state index in [1.165, 1.54) is 0 Å². The second kappa shape index (κ2) is 7.93. The lowest BCUT2D eigenvalue weighted by atomic mass is 9.97. The Hall–Kier alpha value is -1.98. The van der Waals surface area contributed by atoms with E-state index in [1.807, 2.05) is 30.5 Å². The third-order valence-corrected chi connectivity index (χ3v) is 5.17. The van der Waals surface area contributed by atoms with Crippen LogP contribution in [0.15, 0.2) is 53.4 Å². The SMILES string of the molecule is CSc1ccc(C(=O)C2CCN(C(=O)Oc3cccc(Cl)c3)C2)cc1. The highest BCUT2D eigenvalue weighted by Gasteiger charge is 2.32. The number of carbonyl (C=O) groups is 2. The fourth-order valence-corrected chi connectivity index (χ4v) is 3.42. The number of halogens is 1. The minimum absolute atomic E-state index is 0.0747. The molecule has 6 heteroatoms. The molecule has 4 nitrogen and oxygen atoms in total. The molecule has 1 heterocycles. The molecule has 1 atom stereocenters. The predicted molar refractivity (Wildman–Crippen MR) is 99.7 cm³/mol. The van der Waals surface area contributed by atoms with Gasteiger partial charge in [0.05, 0.1) is 0 Å². The Bertz CT molecular complexity index is 778. The lowest BCUT2D eigenvalue weighted by Gasteiger charge is -2.16. The summed E-state index contributed by atoms with van der Waals surface area (Å²) in [6.45, 7) is 0.890. The second-order valence-corrected chi connectivity index (χ2v) is 7.17. The Labute approximate surface area is 156 Å². The van der Waals surface area contributed by atoms with E-state index in [0.29, 0.717) is 35.8 Å². The molecule has 0 radical (unpaired) electrons. The average molecular weight is 376 g/mol.